The van der Waals surface area contributed by atoms with Gasteiger partial charge in [-0.1, -0.05) is 13.8 Å². The molecule has 0 saturated carbocycles. The minimum Gasteiger partial charge on any atom is -0.348 e. The summed E-state index contributed by atoms with van der Waals surface area (Å²) in [6, 6.07) is 0. The zero-order valence-electron chi connectivity index (χ0n) is 8.37. The average molecular weight is 184 g/mol. The summed E-state index contributed by atoms with van der Waals surface area (Å²) in [7, 11) is 0. The second kappa shape index (κ2) is 4.03. The molecule has 0 bridgehead atoms. The molecule has 0 aromatic carbocycles. The lowest BCUT2D eigenvalue weighted by atomic mass is 9.95. The quantitative estimate of drug-likeness (QED) is 0.482. The predicted molar refractivity (Wildman–Crippen MR) is 49.3 cm³/mol. The summed E-state index contributed by atoms with van der Waals surface area (Å²) in [5.74, 6) is 0. The van der Waals surface area contributed by atoms with Crippen molar-refractivity contribution in [3.8, 4) is 0 Å². The predicted octanol–water partition coefficient (Wildman–Crippen LogP) is 1.53. The molecule has 1 heterocycles. The lowest BCUT2D eigenvalue weighted by Gasteiger charge is -2.33. The third kappa shape index (κ3) is 3.28. The number of aldehydes is 1. The summed E-state index contributed by atoms with van der Waals surface area (Å²) in [6.07, 6.45) is 2.15. The van der Waals surface area contributed by atoms with Gasteiger partial charge >= 0.3 is 0 Å². The average Bonchev–Trinajstić information content (AvgIpc) is 2.08. The minimum atomic E-state index is -0.349. The monoisotopic (exact) mass is 184 g/mol. The van der Waals surface area contributed by atoms with E-state index >= 15 is 0 Å². The summed E-state index contributed by atoms with van der Waals surface area (Å²) >= 11 is 0. The molecule has 74 valence electrons. The zero-order valence-corrected chi connectivity index (χ0v) is 8.37. The van der Waals surface area contributed by atoms with Gasteiger partial charge in [-0.15, -0.1) is 0 Å². The Morgan fingerprint density at radius 1 is 1.38 bits per heavy atom. The summed E-state index contributed by atoms with van der Waals surface area (Å²) in [5, 5.41) is 0. The van der Waals surface area contributed by atoms with E-state index in [2.05, 4.69) is 13.8 Å². The van der Waals surface area contributed by atoms with Gasteiger partial charge in [0.1, 0.15) is 6.29 Å². The van der Waals surface area contributed by atoms with Crippen LogP contribution in [0.4, 0.5) is 0 Å². The maximum absolute atomic E-state index is 10.3. The number of ether oxygens (including phenoxy) is 2. The van der Waals surface area contributed by atoms with Crippen molar-refractivity contribution < 1.29 is 14.3 Å². The van der Waals surface area contributed by atoms with E-state index in [1.54, 1.807) is 13.0 Å². The van der Waals surface area contributed by atoms with Crippen molar-refractivity contribution in [2.24, 2.45) is 5.41 Å². The van der Waals surface area contributed by atoms with Crippen molar-refractivity contribution in [1.82, 2.24) is 0 Å². The third-order valence-corrected chi connectivity index (χ3v) is 1.86. The van der Waals surface area contributed by atoms with Gasteiger partial charge in [0.05, 0.1) is 13.2 Å². The molecule has 0 aliphatic carbocycles. The molecule has 13 heavy (non-hydrogen) atoms. The van der Waals surface area contributed by atoms with Crippen molar-refractivity contribution >= 4 is 6.29 Å². The van der Waals surface area contributed by atoms with E-state index in [9.17, 15) is 4.79 Å². The van der Waals surface area contributed by atoms with Gasteiger partial charge in [-0.2, -0.15) is 0 Å². The van der Waals surface area contributed by atoms with E-state index in [4.69, 9.17) is 9.47 Å². The van der Waals surface area contributed by atoms with Crippen LogP contribution in [0.2, 0.25) is 0 Å². The smallest absolute Gasteiger partial charge is 0.177 e. The maximum atomic E-state index is 10.3. The first kappa shape index (κ1) is 10.4. The highest BCUT2D eigenvalue weighted by Gasteiger charge is 2.27. The molecule has 0 aromatic heterocycles. The molecule has 1 fully saturated rings. The van der Waals surface area contributed by atoms with Gasteiger partial charge in [-0.05, 0) is 18.6 Å². The highest BCUT2D eigenvalue weighted by atomic mass is 16.7. The molecule has 3 nitrogen and oxygen atoms in total. The normalized spacial score (nSPS) is 24.4. The SMILES string of the molecule is CC(C=O)=CC1OCC(C)(C)CO1. The lowest BCUT2D eigenvalue weighted by molar-refractivity contribution is -0.197. The van der Waals surface area contributed by atoms with Crippen molar-refractivity contribution in [2.45, 2.75) is 27.1 Å². The van der Waals surface area contributed by atoms with Gasteiger partial charge in [-0.3, -0.25) is 4.79 Å². The molecule has 0 atom stereocenters. The van der Waals surface area contributed by atoms with Crippen molar-refractivity contribution in [1.29, 1.82) is 0 Å². The van der Waals surface area contributed by atoms with E-state index in [0.29, 0.717) is 18.8 Å². The van der Waals surface area contributed by atoms with Crippen LogP contribution in [0, 0.1) is 5.41 Å². The van der Waals surface area contributed by atoms with Crippen molar-refractivity contribution in [3.05, 3.63) is 11.6 Å². The molecule has 1 aliphatic heterocycles. The molecule has 1 saturated heterocycles. The number of carbonyl (C=O) groups is 1. The Kier molecular flexibility index (Phi) is 3.22. The second-order valence-corrected chi connectivity index (χ2v) is 4.18. The first-order chi connectivity index (χ1) is 6.03. The highest BCUT2D eigenvalue weighted by Crippen LogP contribution is 2.23. The Bertz CT molecular complexity index is 208. The Hall–Kier alpha value is -0.670. The summed E-state index contributed by atoms with van der Waals surface area (Å²) in [5.41, 5.74) is 0.726. The van der Waals surface area contributed by atoms with E-state index in [-0.39, 0.29) is 11.7 Å². The highest BCUT2D eigenvalue weighted by molar-refractivity contribution is 5.72. The fraction of sp³-hybridized carbons (Fsp3) is 0.700. The number of hydrogen-bond acceptors (Lipinski definition) is 3. The lowest BCUT2D eigenvalue weighted by Crippen LogP contribution is -2.36. The van der Waals surface area contributed by atoms with E-state index in [1.807, 2.05) is 0 Å². The fourth-order valence-electron chi connectivity index (χ4n) is 1.06. The van der Waals surface area contributed by atoms with E-state index in [0.717, 1.165) is 6.29 Å². The van der Waals surface area contributed by atoms with Crippen LogP contribution in [0.15, 0.2) is 11.6 Å². The maximum Gasteiger partial charge on any atom is 0.177 e. The molecule has 0 spiro atoms. The van der Waals surface area contributed by atoms with Gasteiger partial charge in [0.25, 0.3) is 0 Å². The minimum absolute atomic E-state index is 0.0828. The molecule has 0 amide bonds. The van der Waals surface area contributed by atoms with E-state index < -0.39 is 0 Å². The zero-order chi connectivity index (χ0) is 9.90. The second-order valence-electron chi connectivity index (χ2n) is 4.18. The number of hydrogen-bond donors (Lipinski definition) is 0. The van der Waals surface area contributed by atoms with Crippen LogP contribution in [0.25, 0.3) is 0 Å². The number of rotatable bonds is 2. The molecule has 1 aliphatic rings. The van der Waals surface area contributed by atoms with Gasteiger partial charge in [-0.25, -0.2) is 0 Å². The van der Waals surface area contributed by atoms with Gasteiger partial charge in [0.15, 0.2) is 6.29 Å². The van der Waals surface area contributed by atoms with Crippen molar-refractivity contribution in [2.75, 3.05) is 13.2 Å². The largest absolute Gasteiger partial charge is 0.348 e. The molecular formula is C10H16O3. The third-order valence-electron chi connectivity index (χ3n) is 1.86. The van der Waals surface area contributed by atoms with Crippen molar-refractivity contribution in [3.63, 3.8) is 0 Å². The summed E-state index contributed by atoms with van der Waals surface area (Å²) in [4.78, 5) is 10.3. The van der Waals surface area contributed by atoms with Crippen LogP contribution >= 0.6 is 0 Å². The first-order valence-corrected chi connectivity index (χ1v) is 4.40. The molecule has 1 rings (SSSR count). The molecule has 3 heteroatoms. The summed E-state index contributed by atoms with van der Waals surface area (Å²) < 4.78 is 10.8. The van der Waals surface area contributed by atoms with Crippen LogP contribution in [0.5, 0.6) is 0 Å². The van der Waals surface area contributed by atoms with Crippen LogP contribution in [-0.4, -0.2) is 25.8 Å². The Labute approximate surface area is 78.7 Å². The molecule has 0 radical (unpaired) electrons. The number of allylic oxidation sites excluding steroid dienone is 1. The standard InChI is InChI=1S/C10H16O3/c1-8(5-11)4-9-12-6-10(2,3)7-13-9/h4-5,9H,6-7H2,1-3H3. The Morgan fingerprint density at radius 2 is 1.92 bits per heavy atom. The molecular weight excluding hydrogens is 168 g/mol. The summed E-state index contributed by atoms with van der Waals surface area (Å²) in [6.45, 7) is 7.24. The first-order valence-electron chi connectivity index (χ1n) is 4.40. The van der Waals surface area contributed by atoms with Crippen LogP contribution < -0.4 is 0 Å². The topological polar surface area (TPSA) is 35.5 Å². The Balaban J connectivity index is 2.46. The van der Waals surface area contributed by atoms with Gasteiger partial charge < -0.3 is 9.47 Å². The number of carbonyl (C=O) groups excluding carboxylic acids is 1. The van der Waals surface area contributed by atoms with Crippen LogP contribution in [0.3, 0.4) is 0 Å². The van der Waals surface area contributed by atoms with Gasteiger partial charge in [0.2, 0.25) is 0 Å². The van der Waals surface area contributed by atoms with E-state index in [1.165, 1.54) is 0 Å². The molecule has 0 unspecified atom stereocenters. The van der Waals surface area contributed by atoms with Crippen LogP contribution in [0.1, 0.15) is 20.8 Å². The molecule has 0 aromatic rings. The fourth-order valence-corrected chi connectivity index (χ4v) is 1.06. The van der Waals surface area contributed by atoms with Crippen LogP contribution in [-0.2, 0) is 14.3 Å². The Morgan fingerprint density at radius 3 is 2.38 bits per heavy atom. The van der Waals surface area contributed by atoms with Gasteiger partial charge in [0, 0.05) is 5.41 Å². The molecule has 0 N–H and O–H groups in total.